The monoisotopic (exact) mass is 218 g/mol. The van der Waals surface area contributed by atoms with Gasteiger partial charge >= 0.3 is 0 Å². The van der Waals surface area contributed by atoms with Crippen LogP contribution in [0.5, 0.6) is 0 Å². The lowest BCUT2D eigenvalue weighted by atomic mass is 10.2. The Balaban J connectivity index is 1.90. The molecule has 1 aromatic rings. The van der Waals surface area contributed by atoms with Crippen molar-refractivity contribution in [2.45, 2.75) is 25.7 Å². The van der Waals surface area contributed by atoms with Crippen LogP contribution in [0.2, 0.25) is 0 Å². The van der Waals surface area contributed by atoms with Gasteiger partial charge < -0.3 is 10.2 Å². The van der Waals surface area contributed by atoms with Crippen molar-refractivity contribution in [3.63, 3.8) is 0 Å². The fourth-order valence-electron chi connectivity index (χ4n) is 2.67. The van der Waals surface area contributed by atoms with E-state index in [2.05, 4.69) is 20.2 Å². The molecule has 0 radical (unpaired) electrons. The molecule has 0 aromatic carbocycles. The Morgan fingerprint density at radius 2 is 2.06 bits per heavy atom. The Labute approximate surface area is 96.1 Å². The highest BCUT2D eigenvalue weighted by Gasteiger charge is 2.21. The lowest BCUT2D eigenvalue weighted by molar-refractivity contribution is 0.724. The maximum Gasteiger partial charge on any atom is 0.135 e. The van der Waals surface area contributed by atoms with Gasteiger partial charge in [-0.05, 0) is 32.2 Å². The van der Waals surface area contributed by atoms with Gasteiger partial charge in [0.25, 0.3) is 0 Å². The van der Waals surface area contributed by atoms with Gasteiger partial charge in [-0.3, -0.25) is 0 Å². The molecule has 0 atom stereocenters. The third kappa shape index (κ3) is 1.78. The van der Waals surface area contributed by atoms with Crippen LogP contribution in [-0.2, 0) is 12.8 Å². The summed E-state index contributed by atoms with van der Waals surface area (Å²) in [4.78, 5) is 11.3. The van der Waals surface area contributed by atoms with Crippen LogP contribution in [0.25, 0.3) is 0 Å². The highest BCUT2D eigenvalue weighted by Crippen LogP contribution is 2.27. The van der Waals surface area contributed by atoms with E-state index >= 15 is 0 Å². The Kier molecular flexibility index (Phi) is 2.74. The van der Waals surface area contributed by atoms with Crippen molar-refractivity contribution in [3.05, 3.63) is 17.6 Å². The standard InChI is InChI=1S/C12H18N4/c1-3-10-11(4-1)14-9-15-12(10)16-7-2-5-13-6-8-16/h9,13H,1-8H2. The van der Waals surface area contributed by atoms with Crippen molar-refractivity contribution in [2.24, 2.45) is 0 Å². The first-order chi connectivity index (χ1) is 7.95. The lowest BCUT2D eigenvalue weighted by Crippen LogP contribution is -2.29. The number of aryl methyl sites for hydroxylation is 1. The fourth-order valence-corrected chi connectivity index (χ4v) is 2.67. The van der Waals surface area contributed by atoms with Gasteiger partial charge in [0.05, 0.1) is 0 Å². The molecule has 86 valence electrons. The van der Waals surface area contributed by atoms with E-state index in [0.29, 0.717) is 0 Å². The van der Waals surface area contributed by atoms with Gasteiger partial charge in [0, 0.05) is 30.9 Å². The molecule has 16 heavy (non-hydrogen) atoms. The van der Waals surface area contributed by atoms with Crippen molar-refractivity contribution in [2.75, 3.05) is 31.1 Å². The topological polar surface area (TPSA) is 41.1 Å². The molecule has 1 saturated heterocycles. The summed E-state index contributed by atoms with van der Waals surface area (Å²) < 4.78 is 0. The van der Waals surface area contributed by atoms with E-state index in [-0.39, 0.29) is 0 Å². The zero-order valence-electron chi connectivity index (χ0n) is 9.58. The zero-order chi connectivity index (χ0) is 10.8. The first-order valence-electron chi connectivity index (χ1n) is 6.23. The van der Waals surface area contributed by atoms with Crippen molar-refractivity contribution in [1.29, 1.82) is 0 Å². The number of nitrogens with one attached hydrogen (secondary N) is 1. The maximum absolute atomic E-state index is 4.50. The van der Waals surface area contributed by atoms with Gasteiger partial charge in [-0.1, -0.05) is 0 Å². The van der Waals surface area contributed by atoms with Gasteiger partial charge in [-0.15, -0.1) is 0 Å². The van der Waals surface area contributed by atoms with Gasteiger partial charge in [0.2, 0.25) is 0 Å². The summed E-state index contributed by atoms with van der Waals surface area (Å²) in [5, 5.41) is 3.43. The molecule has 4 nitrogen and oxygen atoms in total. The molecule has 1 fully saturated rings. The summed E-state index contributed by atoms with van der Waals surface area (Å²) in [6, 6.07) is 0. The van der Waals surface area contributed by atoms with Crippen LogP contribution in [-0.4, -0.2) is 36.1 Å². The predicted octanol–water partition coefficient (Wildman–Crippen LogP) is 0.765. The predicted molar refractivity (Wildman–Crippen MR) is 63.8 cm³/mol. The van der Waals surface area contributed by atoms with E-state index in [1.807, 2.05) is 0 Å². The number of fused-ring (bicyclic) bond motifs is 1. The molecular weight excluding hydrogens is 200 g/mol. The lowest BCUT2D eigenvalue weighted by Gasteiger charge is -2.23. The number of rotatable bonds is 1. The van der Waals surface area contributed by atoms with Crippen molar-refractivity contribution in [1.82, 2.24) is 15.3 Å². The largest absolute Gasteiger partial charge is 0.355 e. The van der Waals surface area contributed by atoms with Crippen LogP contribution in [0.1, 0.15) is 24.1 Å². The number of anilines is 1. The molecule has 3 rings (SSSR count). The Bertz CT molecular complexity index is 369. The summed E-state index contributed by atoms with van der Waals surface area (Å²) in [5.74, 6) is 1.20. The van der Waals surface area contributed by atoms with Gasteiger partial charge in [-0.2, -0.15) is 0 Å². The zero-order valence-corrected chi connectivity index (χ0v) is 9.58. The van der Waals surface area contributed by atoms with Crippen LogP contribution in [0, 0.1) is 0 Å². The van der Waals surface area contributed by atoms with E-state index < -0.39 is 0 Å². The quantitative estimate of drug-likeness (QED) is 0.756. The maximum atomic E-state index is 4.50. The minimum absolute atomic E-state index is 1.07. The molecule has 4 heteroatoms. The molecule has 0 unspecified atom stereocenters. The summed E-state index contributed by atoms with van der Waals surface area (Å²) in [5.41, 5.74) is 2.69. The molecule has 0 saturated carbocycles. The first kappa shape index (κ1) is 10.0. The molecule has 2 aliphatic rings. The summed E-state index contributed by atoms with van der Waals surface area (Å²) in [6.07, 6.45) is 6.48. The molecule has 0 spiro atoms. The summed E-state index contributed by atoms with van der Waals surface area (Å²) in [7, 11) is 0. The molecule has 2 heterocycles. The number of aromatic nitrogens is 2. The summed E-state index contributed by atoms with van der Waals surface area (Å²) >= 11 is 0. The van der Waals surface area contributed by atoms with Crippen LogP contribution in [0.4, 0.5) is 5.82 Å². The Hall–Kier alpha value is -1.16. The third-order valence-electron chi connectivity index (χ3n) is 3.49. The van der Waals surface area contributed by atoms with Gasteiger partial charge in [0.1, 0.15) is 12.1 Å². The molecule has 0 bridgehead atoms. The van der Waals surface area contributed by atoms with Crippen molar-refractivity contribution in [3.8, 4) is 0 Å². The normalized spacial score (nSPS) is 20.6. The van der Waals surface area contributed by atoms with E-state index in [1.54, 1.807) is 6.33 Å². The fraction of sp³-hybridized carbons (Fsp3) is 0.667. The van der Waals surface area contributed by atoms with Crippen LogP contribution < -0.4 is 10.2 Å². The third-order valence-corrected chi connectivity index (χ3v) is 3.49. The highest BCUT2D eigenvalue weighted by molar-refractivity contribution is 5.50. The van der Waals surface area contributed by atoms with E-state index in [0.717, 1.165) is 39.0 Å². The molecule has 1 aromatic heterocycles. The van der Waals surface area contributed by atoms with Crippen LogP contribution in [0.15, 0.2) is 6.33 Å². The minimum Gasteiger partial charge on any atom is -0.355 e. The number of nitrogens with zero attached hydrogens (tertiary/aromatic N) is 3. The Morgan fingerprint density at radius 3 is 3.06 bits per heavy atom. The minimum atomic E-state index is 1.07. The van der Waals surface area contributed by atoms with Crippen molar-refractivity contribution < 1.29 is 0 Å². The first-order valence-corrected chi connectivity index (χ1v) is 6.23. The molecule has 1 aliphatic carbocycles. The molecular formula is C12H18N4. The second-order valence-corrected chi connectivity index (χ2v) is 4.57. The van der Waals surface area contributed by atoms with Gasteiger partial charge in [0.15, 0.2) is 0 Å². The second kappa shape index (κ2) is 4.37. The van der Waals surface area contributed by atoms with E-state index in [4.69, 9.17) is 0 Å². The van der Waals surface area contributed by atoms with Crippen LogP contribution >= 0.6 is 0 Å². The van der Waals surface area contributed by atoms with E-state index in [1.165, 1.54) is 29.9 Å². The van der Waals surface area contributed by atoms with Crippen LogP contribution in [0.3, 0.4) is 0 Å². The molecule has 1 N–H and O–H groups in total. The second-order valence-electron chi connectivity index (χ2n) is 4.57. The average molecular weight is 218 g/mol. The SMILES string of the molecule is c1nc2c(c(N3CCCNCC3)n1)CCC2. The number of hydrogen-bond donors (Lipinski definition) is 1. The molecule has 1 aliphatic heterocycles. The number of hydrogen-bond acceptors (Lipinski definition) is 4. The highest BCUT2D eigenvalue weighted by atomic mass is 15.2. The molecule has 0 amide bonds. The van der Waals surface area contributed by atoms with Gasteiger partial charge in [-0.25, -0.2) is 9.97 Å². The Morgan fingerprint density at radius 1 is 1.06 bits per heavy atom. The van der Waals surface area contributed by atoms with Crippen molar-refractivity contribution >= 4 is 5.82 Å². The smallest absolute Gasteiger partial charge is 0.135 e. The van der Waals surface area contributed by atoms with E-state index in [9.17, 15) is 0 Å². The average Bonchev–Trinajstić information content (AvgIpc) is 2.63. The summed E-state index contributed by atoms with van der Waals surface area (Å²) in [6.45, 7) is 4.39.